The quantitative estimate of drug-likeness (QED) is 0.926. The van der Waals surface area contributed by atoms with Crippen molar-refractivity contribution in [1.29, 1.82) is 5.26 Å². The molecular formula is C18H22N2O2S. The highest BCUT2D eigenvalue weighted by Crippen LogP contribution is 2.58. The second kappa shape index (κ2) is 5.06. The van der Waals surface area contributed by atoms with Crippen LogP contribution in [0.4, 0.5) is 0 Å². The molecule has 122 valence electrons. The predicted octanol–water partition coefficient (Wildman–Crippen LogP) is 3.05. The molecule has 0 radical (unpaired) electrons. The lowest BCUT2D eigenvalue weighted by molar-refractivity contribution is -0.0506. The molecular weight excluding hydrogens is 308 g/mol. The average molecular weight is 330 g/mol. The number of hydrogen-bond donors (Lipinski definition) is 1. The fourth-order valence-corrected chi connectivity index (χ4v) is 6.89. The summed E-state index contributed by atoms with van der Waals surface area (Å²) < 4.78 is 28.7. The zero-order chi connectivity index (χ0) is 16.2. The minimum absolute atomic E-state index is 0.240. The SMILES string of the molecule is CC1C2CC3CC1CC(NS(=O)(=O)c1ccc(C#N)cc1)(C3)C2. The minimum Gasteiger partial charge on any atom is -0.207 e. The lowest BCUT2D eigenvalue weighted by Crippen LogP contribution is -2.61. The third-order valence-corrected chi connectivity index (χ3v) is 7.98. The van der Waals surface area contributed by atoms with Gasteiger partial charge in [-0.2, -0.15) is 5.26 Å². The van der Waals surface area contributed by atoms with Crippen LogP contribution >= 0.6 is 0 Å². The summed E-state index contributed by atoms with van der Waals surface area (Å²) in [4.78, 5) is 0.264. The number of benzene rings is 1. The van der Waals surface area contributed by atoms with Gasteiger partial charge in [-0.05, 0) is 80.0 Å². The summed E-state index contributed by atoms with van der Waals surface area (Å²) >= 11 is 0. The molecule has 4 bridgehead atoms. The van der Waals surface area contributed by atoms with E-state index >= 15 is 0 Å². The van der Waals surface area contributed by atoms with Gasteiger partial charge in [0.25, 0.3) is 0 Å². The van der Waals surface area contributed by atoms with E-state index < -0.39 is 10.0 Å². The molecule has 4 nitrogen and oxygen atoms in total. The molecule has 5 rings (SSSR count). The van der Waals surface area contributed by atoms with Crippen LogP contribution in [0.5, 0.6) is 0 Å². The number of rotatable bonds is 3. The molecule has 0 amide bonds. The maximum atomic E-state index is 12.8. The first-order valence-electron chi connectivity index (χ1n) is 8.45. The van der Waals surface area contributed by atoms with E-state index in [-0.39, 0.29) is 10.4 Å². The smallest absolute Gasteiger partial charge is 0.207 e. The molecule has 0 spiro atoms. The van der Waals surface area contributed by atoms with Gasteiger partial charge in [-0.1, -0.05) is 6.92 Å². The second-order valence-electron chi connectivity index (χ2n) is 7.85. The molecule has 0 saturated heterocycles. The summed E-state index contributed by atoms with van der Waals surface area (Å²) in [5, 5.41) is 8.85. The zero-order valence-corrected chi connectivity index (χ0v) is 14.1. The first-order chi connectivity index (χ1) is 10.9. The van der Waals surface area contributed by atoms with Crippen LogP contribution in [0.3, 0.4) is 0 Å². The number of nitrogens with zero attached hydrogens (tertiary/aromatic N) is 1. The van der Waals surface area contributed by atoms with Crippen LogP contribution in [0.1, 0.15) is 44.6 Å². The van der Waals surface area contributed by atoms with Crippen LogP contribution in [-0.2, 0) is 10.0 Å². The van der Waals surface area contributed by atoms with E-state index in [1.165, 1.54) is 25.0 Å². The average Bonchev–Trinajstić information content (AvgIpc) is 2.51. The Morgan fingerprint density at radius 2 is 1.74 bits per heavy atom. The molecule has 4 saturated carbocycles. The third-order valence-electron chi connectivity index (χ3n) is 6.39. The molecule has 2 unspecified atom stereocenters. The van der Waals surface area contributed by atoms with E-state index in [9.17, 15) is 8.42 Å². The first kappa shape index (κ1) is 15.2. The van der Waals surface area contributed by atoms with Gasteiger partial charge in [-0.15, -0.1) is 0 Å². The Bertz CT molecular complexity index is 747. The lowest BCUT2D eigenvalue weighted by Gasteiger charge is -2.59. The summed E-state index contributed by atoms with van der Waals surface area (Å²) in [5.74, 6) is 2.77. The van der Waals surface area contributed by atoms with Crippen molar-refractivity contribution >= 4 is 10.0 Å². The highest BCUT2D eigenvalue weighted by molar-refractivity contribution is 7.89. The fourth-order valence-electron chi connectivity index (χ4n) is 5.46. The van der Waals surface area contributed by atoms with Crippen LogP contribution in [0.15, 0.2) is 29.2 Å². The Kier molecular flexibility index (Phi) is 3.33. The van der Waals surface area contributed by atoms with Crippen molar-refractivity contribution in [2.24, 2.45) is 23.7 Å². The van der Waals surface area contributed by atoms with Gasteiger partial charge < -0.3 is 0 Å². The van der Waals surface area contributed by atoms with Gasteiger partial charge in [-0.3, -0.25) is 0 Å². The summed E-state index contributed by atoms with van der Waals surface area (Å²) in [6, 6.07) is 8.22. The van der Waals surface area contributed by atoms with Gasteiger partial charge in [-0.25, -0.2) is 13.1 Å². The number of nitriles is 1. The fraction of sp³-hybridized carbons (Fsp3) is 0.611. The van der Waals surface area contributed by atoms with E-state index in [2.05, 4.69) is 11.6 Å². The molecule has 0 aromatic heterocycles. The summed E-state index contributed by atoms with van der Waals surface area (Å²) in [5.41, 5.74) is 0.239. The Morgan fingerprint density at radius 1 is 1.13 bits per heavy atom. The van der Waals surface area contributed by atoms with Gasteiger partial charge in [0.05, 0.1) is 16.5 Å². The molecule has 5 heteroatoms. The number of nitrogens with one attached hydrogen (secondary N) is 1. The molecule has 0 heterocycles. The Morgan fingerprint density at radius 3 is 2.30 bits per heavy atom. The van der Waals surface area contributed by atoms with Crippen molar-refractivity contribution < 1.29 is 8.42 Å². The summed E-state index contributed by atoms with van der Waals surface area (Å²) in [6.45, 7) is 2.34. The summed E-state index contributed by atoms with van der Waals surface area (Å²) in [6.07, 6.45) is 5.51. The van der Waals surface area contributed by atoms with Gasteiger partial charge in [0.2, 0.25) is 10.0 Å². The van der Waals surface area contributed by atoms with Gasteiger partial charge >= 0.3 is 0 Å². The van der Waals surface area contributed by atoms with Crippen LogP contribution in [0, 0.1) is 35.0 Å². The molecule has 4 aliphatic carbocycles. The number of hydrogen-bond acceptors (Lipinski definition) is 3. The molecule has 4 fully saturated rings. The topological polar surface area (TPSA) is 70.0 Å². The standard InChI is InChI=1S/C18H22N2O2S/c1-12-15-6-14-7-16(12)10-18(8-14,9-15)20-23(21,22)17-4-2-13(11-19)3-5-17/h2-5,12,14-16,20H,6-10H2,1H3. The van der Waals surface area contributed by atoms with Crippen molar-refractivity contribution in [1.82, 2.24) is 4.72 Å². The van der Waals surface area contributed by atoms with E-state index in [1.807, 2.05) is 6.07 Å². The van der Waals surface area contributed by atoms with Crippen LogP contribution in [0.25, 0.3) is 0 Å². The van der Waals surface area contributed by atoms with Crippen molar-refractivity contribution in [3.8, 4) is 6.07 Å². The van der Waals surface area contributed by atoms with Crippen molar-refractivity contribution in [3.63, 3.8) is 0 Å². The molecule has 1 N–H and O–H groups in total. The van der Waals surface area contributed by atoms with Gasteiger partial charge in [0.1, 0.15) is 0 Å². The normalized spacial score (nSPS) is 38.4. The van der Waals surface area contributed by atoms with Crippen LogP contribution in [-0.4, -0.2) is 14.0 Å². The maximum Gasteiger partial charge on any atom is 0.241 e. The second-order valence-corrected chi connectivity index (χ2v) is 9.53. The minimum atomic E-state index is -3.52. The molecule has 2 atom stereocenters. The highest BCUT2D eigenvalue weighted by atomic mass is 32.2. The Labute approximate surface area is 137 Å². The monoisotopic (exact) mass is 330 g/mol. The van der Waals surface area contributed by atoms with Gasteiger partial charge in [0, 0.05) is 5.54 Å². The molecule has 23 heavy (non-hydrogen) atoms. The van der Waals surface area contributed by atoms with E-state index in [4.69, 9.17) is 5.26 Å². The predicted molar refractivity (Wildman–Crippen MR) is 86.9 cm³/mol. The molecule has 0 aliphatic heterocycles. The number of sulfonamides is 1. The van der Waals surface area contributed by atoms with Crippen LogP contribution in [0.2, 0.25) is 0 Å². The van der Waals surface area contributed by atoms with Crippen molar-refractivity contribution in [3.05, 3.63) is 29.8 Å². The third kappa shape index (κ3) is 2.49. The lowest BCUT2D eigenvalue weighted by atomic mass is 9.50. The van der Waals surface area contributed by atoms with Crippen LogP contribution < -0.4 is 4.72 Å². The molecule has 1 aromatic rings. The highest BCUT2D eigenvalue weighted by Gasteiger charge is 2.55. The Hall–Kier alpha value is -1.38. The van der Waals surface area contributed by atoms with Gasteiger partial charge in [0.15, 0.2) is 0 Å². The molecule has 1 aromatic carbocycles. The van der Waals surface area contributed by atoms with Crippen molar-refractivity contribution in [2.75, 3.05) is 0 Å². The zero-order valence-electron chi connectivity index (χ0n) is 13.3. The van der Waals surface area contributed by atoms with E-state index in [1.54, 1.807) is 12.1 Å². The first-order valence-corrected chi connectivity index (χ1v) is 9.93. The van der Waals surface area contributed by atoms with E-state index in [0.717, 1.165) is 25.2 Å². The maximum absolute atomic E-state index is 12.8. The summed E-state index contributed by atoms with van der Waals surface area (Å²) in [7, 11) is -3.52. The van der Waals surface area contributed by atoms with E-state index in [0.29, 0.717) is 23.3 Å². The molecule has 4 aliphatic rings. The van der Waals surface area contributed by atoms with Crippen molar-refractivity contribution in [2.45, 2.75) is 49.5 Å². The largest absolute Gasteiger partial charge is 0.241 e. The Balaban J connectivity index is 1.61.